The summed E-state index contributed by atoms with van der Waals surface area (Å²) in [6.45, 7) is 0. The van der Waals surface area contributed by atoms with Crippen molar-refractivity contribution < 1.29 is 0 Å². The number of rotatable bonds is 0. The Hall–Kier alpha value is -0.900. The SMILES string of the molecule is c1cn2cnsc2n1. The highest BCUT2D eigenvalue weighted by atomic mass is 32.1. The second-order valence-electron chi connectivity index (χ2n) is 1.43. The number of aromatic nitrogens is 3. The molecule has 2 rings (SSSR count). The zero-order valence-corrected chi connectivity index (χ0v) is 4.80. The van der Waals surface area contributed by atoms with E-state index in [0.29, 0.717) is 0 Å². The second-order valence-corrected chi connectivity index (χ2v) is 2.19. The molecule has 0 saturated heterocycles. The monoisotopic (exact) mass is 125 g/mol. The molecule has 0 fully saturated rings. The summed E-state index contributed by atoms with van der Waals surface area (Å²) in [6, 6.07) is 0. The summed E-state index contributed by atoms with van der Waals surface area (Å²) in [5.74, 6) is 0. The van der Waals surface area contributed by atoms with Gasteiger partial charge >= 0.3 is 0 Å². The van der Waals surface area contributed by atoms with Gasteiger partial charge in [0.2, 0.25) is 4.96 Å². The van der Waals surface area contributed by atoms with E-state index < -0.39 is 0 Å². The summed E-state index contributed by atoms with van der Waals surface area (Å²) in [4.78, 5) is 4.95. The number of hydrogen-bond donors (Lipinski definition) is 0. The third-order valence-corrected chi connectivity index (χ3v) is 1.62. The van der Waals surface area contributed by atoms with Gasteiger partial charge in [-0.1, -0.05) is 0 Å². The van der Waals surface area contributed by atoms with Gasteiger partial charge < -0.3 is 0 Å². The first kappa shape index (κ1) is 4.03. The molecule has 0 amide bonds. The van der Waals surface area contributed by atoms with Gasteiger partial charge in [0.05, 0.1) is 0 Å². The average molecular weight is 125 g/mol. The maximum absolute atomic E-state index is 4.00. The van der Waals surface area contributed by atoms with E-state index in [1.165, 1.54) is 11.5 Å². The van der Waals surface area contributed by atoms with Crippen LogP contribution in [0.2, 0.25) is 0 Å². The van der Waals surface area contributed by atoms with Crippen LogP contribution in [0.25, 0.3) is 4.96 Å². The average Bonchev–Trinajstić information content (AvgIpc) is 2.15. The summed E-state index contributed by atoms with van der Waals surface area (Å²) >= 11 is 1.40. The van der Waals surface area contributed by atoms with Crippen LogP contribution in [0, 0.1) is 0 Å². The molecule has 0 atom stereocenters. The van der Waals surface area contributed by atoms with Crippen LogP contribution in [0.3, 0.4) is 0 Å². The Balaban J connectivity index is 3.06. The summed E-state index contributed by atoms with van der Waals surface area (Å²) < 4.78 is 5.78. The third kappa shape index (κ3) is 0.376. The number of nitrogens with zero attached hydrogens (tertiary/aromatic N) is 3. The van der Waals surface area contributed by atoms with Gasteiger partial charge in [0.15, 0.2) is 0 Å². The lowest BCUT2D eigenvalue weighted by atomic mass is 10.9. The van der Waals surface area contributed by atoms with Crippen LogP contribution in [0.15, 0.2) is 18.7 Å². The van der Waals surface area contributed by atoms with Gasteiger partial charge in [-0.2, -0.15) is 4.37 Å². The van der Waals surface area contributed by atoms with Crippen molar-refractivity contribution in [3.63, 3.8) is 0 Å². The molecular weight excluding hydrogens is 122 g/mol. The van der Waals surface area contributed by atoms with Gasteiger partial charge in [0, 0.05) is 23.9 Å². The fourth-order valence-electron chi connectivity index (χ4n) is 0.579. The van der Waals surface area contributed by atoms with Crippen LogP contribution < -0.4 is 0 Å². The molecular formula is C4H3N3S. The van der Waals surface area contributed by atoms with E-state index >= 15 is 0 Å². The smallest absolute Gasteiger partial charge is 0.212 e. The Morgan fingerprint density at radius 1 is 1.62 bits per heavy atom. The molecule has 2 heterocycles. The van der Waals surface area contributed by atoms with Gasteiger partial charge in [-0.15, -0.1) is 0 Å². The van der Waals surface area contributed by atoms with Crippen molar-refractivity contribution in [1.82, 2.24) is 13.8 Å². The lowest BCUT2D eigenvalue weighted by molar-refractivity contribution is 1.18. The van der Waals surface area contributed by atoms with Gasteiger partial charge in [0.1, 0.15) is 6.33 Å². The molecule has 2 aromatic rings. The highest BCUT2D eigenvalue weighted by molar-refractivity contribution is 7.11. The summed E-state index contributed by atoms with van der Waals surface area (Å²) in [7, 11) is 0. The highest BCUT2D eigenvalue weighted by Crippen LogP contribution is 2.02. The van der Waals surface area contributed by atoms with E-state index in [0.717, 1.165) is 4.96 Å². The van der Waals surface area contributed by atoms with Gasteiger partial charge in [-0.25, -0.2) is 4.98 Å². The highest BCUT2D eigenvalue weighted by Gasteiger charge is 1.90. The maximum atomic E-state index is 4.00. The van der Waals surface area contributed by atoms with Crippen LogP contribution in [0.1, 0.15) is 0 Å². The standard InChI is InChI=1S/C4H3N3S/c1-2-7-3-6-8-4(7)5-1/h1-3H. The van der Waals surface area contributed by atoms with E-state index in [9.17, 15) is 0 Å². The molecule has 0 spiro atoms. The quantitative estimate of drug-likeness (QED) is 0.521. The molecule has 8 heavy (non-hydrogen) atoms. The van der Waals surface area contributed by atoms with Crippen molar-refractivity contribution in [3.05, 3.63) is 18.7 Å². The lowest BCUT2D eigenvalue weighted by Gasteiger charge is -1.68. The molecule has 0 saturated carbocycles. The minimum Gasteiger partial charge on any atom is -0.280 e. The van der Waals surface area contributed by atoms with Crippen LogP contribution in [0.5, 0.6) is 0 Å². The van der Waals surface area contributed by atoms with E-state index in [2.05, 4.69) is 9.36 Å². The third-order valence-electron chi connectivity index (χ3n) is 0.939. The Bertz CT molecular complexity index is 233. The first-order valence-corrected chi connectivity index (χ1v) is 2.97. The van der Waals surface area contributed by atoms with Crippen LogP contribution in [0.4, 0.5) is 0 Å². The first-order valence-electron chi connectivity index (χ1n) is 2.20. The molecule has 3 nitrogen and oxygen atoms in total. The number of hydrogen-bond acceptors (Lipinski definition) is 3. The molecule has 0 aromatic carbocycles. The Morgan fingerprint density at radius 3 is 3.50 bits per heavy atom. The van der Waals surface area contributed by atoms with Crippen molar-refractivity contribution in [2.75, 3.05) is 0 Å². The molecule has 0 radical (unpaired) electrons. The Morgan fingerprint density at radius 2 is 2.62 bits per heavy atom. The summed E-state index contributed by atoms with van der Waals surface area (Å²) in [5.41, 5.74) is 0. The molecule has 0 unspecified atom stereocenters. The minimum absolute atomic E-state index is 0.949. The summed E-state index contributed by atoms with van der Waals surface area (Å²) in [6.07, 6.45) is 5.37. The molecule has 0 N–H and O–H groups in total. The zero-order chi connectivity index (χ0) is 5.40. The van der Waals surface area contributed by atoms with Crippen LogP contribution in [-0.2, 0) is 0 Å². The van der Waals surface area contributed by atoms with Crippen molar-refractivity contribution >= 4 is 16.5 Å². The Labute approximate surface area is 49.8 Å². The lowest BCUT2D eigenvalue weighted by Crippen LogP contribution is -1.67. The molecule has 40 valence electrons. The van der Waals surface area contributed by atoms with E-state index in [1.807, 2.05) is 10.6 Å². The van der Waals surface area contributed by atoms with E-state index in [-0.39, 0.29) is 0 Å². The van der Waals surface area contributed by atoms with Gasteiger partial charge in [0.25, 0.3) is 0 Å². The predicted octanol–water partition coefficient (Wildman–Crippen LogP) is 0.791. The fourth-order valence-corrected chi connectivity index (χ4v) is 1.13. The second kappa shape index (κ2) is 1.29. The van der Waals surface area contributed by atoms with E-state index in [1.54, 1.807) is 12.5 Å². The molecule has 0 bridgehead atoms. The molecule has 4 heteroatoms. The van der Waals surface area contributed by atoms with Crippen molar-refractivity contribution in [3.8, 4) is 0 Å². The largest absolute Gasteiger partial charge is 0.280 e. The van der Waals surface area contributed by atoms with Crippen molar-refractivity contribution in [2.24, 2.45) is 0 Å². The maximum Gasteiger partial charge on any atom is 0.212 e. The fraction of sp³-hybridized carbons (Fsp3) is 0. The van der Waals surface area contributed by atoms with E-state index in [4.69, 9.17) is 0 Å². The van der Waals surface area contributed by atoms with Crippen molar-refractivity contribution in [1.29, 1.82) is 0 Å². The topological polar surface area (TPSA) is 30.2 Å². The normalized spacial score (nSPS) is 10.5. The molecule has 0 aliphatic rings. The molecule has 2 aromatic heterocycles. The van der Waals surface area contributed by atoms with Gasteiger partial charge in [-0.05, 0) is 0 Å². The van der Waals surface area contributed by atoms with Crippen LogP contribution in [-0.4, -0.2) is 13.8 Å². The minimum atomic E-state index is 0.949. The number of imidazole rings is 1. The summed E-state index contributed by atoms with van der Waals surface area (Å²) in [5, 5.41) is 0. The van der Waals surface area contributed by atoms with Crippen molar-refractivity contribution in [2.45, 2.75) is 0 Å². The number of fused-ring (bicyclic) bond motifs is 1. The Kier molecular flexibility index (Phi) is 0.648. The molecule has 0 aliphatic heterocycles. The zero-order valence-electron chi connectivity index (χ0n) is 3.98. The predicted molar refractivity (Wildman–Crippen MR) is 30.9 cm³/mol. The van der Waals surface area contributed by atoms with Gasteiger partial charge in [-0.3, -0.25) is 4.40 Å². The van der Waals surface area contributed by atoms with Crippen LogP contribution >= 0.6 is 11.5 Å². The first-order chi connectivity index (χ1) is 3.97. The molecule has 0 aliphatic carbocycles.